The van der Waals surface area contributed by atoms with Crippen LogP contribution in [0.4, 0.5) is 0 Å². The molecule has 0 fully saturated rings. The van der Waals surface area contributed by atoms with Gasteiger partial charge >= 0.3 is 0 Å². The van der Waals surface area contributed by atoms with Crippen molar-refractivity contribution < 1.29 is 4.21 Å². The molecule has 0 aromatic rings. The van der Waals surface area contributed by atoms with Gasteiger partial charge in [-0.15, -0.1) is 4.40 Å². The van der Waals surface area contributed by atoms with E-state index in [-0.39, 0.29) is 0 Å². The van der Waals surface area contributed by atoms with E-state index in [0.29, 0.717) is 5.84 Å². The van der Waals surface area contributed by atoms with Crippen LogP contribution in [0.2, 0.25) is 0 Å². The summed E-state index contributed by atoms with van der Waals surface area (Å²) in [4.78, 5) is 0. The summed E-state index contributed by atoms with van der Waals surface area (Å²) in [5.74, 6) is 0.607. The molecule has 1 aliphatic heterocycles. The van der Waals surface area contributed by atoms with Crippen LogP contribution in [0, 0.1) is 0 Å². The minimum atomic E-state index is -1.36. The van der Waals surface area contributed by atoms with Gasteiger partial charge in [0.2, 0.25) is 0 Å². The normalized spacial score (nSPS) is 24.1. The number of hydrogen-bond donors (Lipinski definition) is 1. The predicted molar refractivity (Wildman–Crippen MR) is 37.7 cm³/mol. The topological polar surface area (TPSA) is 53.8 Å². The molecule has 0 radical (unpaired) electrons. The van der Waals surface area contributed by atoms with Crippen molar-refractivity contribution in [2.75, 3.05) is 6.54 Å². The van der Waals surface area contributed by atoms with Gasteiger partial charge in [-0.05, 0) is 6.92 Å². The van der Waals surface area contributed by atoms with Crippen LogP contribution in [0.15, 0.2) is 8.80 Å². The summed E-state index contributed by atoms with van der Waals surface area (Å²) in [5, 5.41) is 2.88. The molecule has 1 aliphatic rings. The highest BCUT2D eigenvalue weighted by molar-refractivity contribution is 7.83. The third-order valence-corrected chi connectivity index (χ3v) is 1.44. The first-order valence-electron chi connectivity index (χ1n) is 2.61. The van der Waals surface area contributed by atoms with E-state index in [1.807, 2.05) is 6.92 Å². The lowest BCUT2D eigenvalue weighted by Crippen LogP contribution is -2.22. The van der Waals surface area contributed by atoms with Gasteiger partial charge in [-0.2, -0.15) is 4.40 Å². The molecule has 1 atom stereocenters. The second-order valence-electron chi connectivity index (χ2n) is 1.47. The van der Waals surface area contributed by atoms with E-state index in [9.17, 15) is 4.21 Å². The Labute approximate surface area is 55.8 Å². The van der Waals surface area contributed by atoms with E-state index in [1.165, 1.54) is 6.21 Å². The van der Waals surface area contributed by atoms with Crippen LogP contribution in [0.5, 0.6) is 0 Å². The molecule has 0 aliphatic carbocycles. The van der Waals surface area contributed by atoms with Crippen LogP contribution >= 0.6 is 0 Å². The Bertz CT molecular complexity index is 186. The maximum absolute atomic E-state index is 10.4. The summed E-state index contributed by atoms with van der Waals surface area (Å²) in [7, 11) is 0. The Morgan fingerprint density at radius 2 is 2.67 bits per heavy atom. The van der Waals surface area contributed by atoms with E-state index in [1.54, 1.807) is 0 Å². The molecule has 0 saturated carbocycles. The molecular weight excluding hydrogens is 138 g/mol. The van der Waals surface area contributed by atoms with Crippen LogP contribution in [0.25, 0.3) is 0 Å². The first-order chi connectivity index (χ1) is 4.33. The molecule has 0 spiro atoms. The summed E-state index contributed by atoms with van der Waals surface area (Å²) in [6.07, 6.45) is 1.47. The molecule has 1 rings (SSSR count). The van der Waals surface area contributed by atoms with Gasteiger partial charge in [-0.1, -0.05) is 0 Å². The van der Waals surface area contributed by atoms with Gasteiger partial charge in [-0.25, -0.2) is 4.21 Å². The molecule has 4 nitrogen and oxygen atoms in total. The fraction of sp³-hybridized carbons (Fsp3) is 0.500. The molecule has 1 heterocycles. The Morgan fingerprint density at radius 1 is 1.89 bits per heavy atom. The van der Waals surface area contributed by atoms with Gasteiger partial charge in [0.25, 0.3) is 11.2 Å². The van der Waals surface area contributed by atoms with Gasteiger partial charge in [0.05, 0.1) is 6.21 Å². The van der Waals surface area contributed by atoms with Crippen molar-refractivity contribution in [1.29, 1.82) is 0 Å². The minimum Gasteiger partial charge on any atom is -0.368 e. The van der Waals surface area contributed by atoms with Crippen LogP contribution in [-0.2, 0) is 11.2 Å². The van der Waals surface area contributed by atoms with E-state index in [2.05, 4.69) is 14.1 Å². The quantitative estimate of drug-likeness (QED) is 0.548. The smallest absolute Gasteiger partial charge is 0.267 e. The monoisotopic (exact) mass is 145 g/mol. The molecule has 50 valence electrons. The van der Waals surface area contributed by atoms with Gasteiger partial charge in [-0.3, -0.25) is 0 Å². The number of nitrogens with zero attached hydrogens (tertiary/aromatic N) is 2. The molecule has 5 heteroatoms. The number of nitrogens with one attached hydrogen (secondary N) is 1. The zero-order valence-corrected chi connectivity index (χ0v) is 5.81. The Kier molecular flexibility index (Phi) is 1.94. The lowest BCUT2D eigenvalue weighted by atomic mass is 10.6. The van der Waals surface area contributed by atoms with E-state index in [0.717, 1.165) is 6.54 Å². The Hall–Kier alpha value is -0.710. The number of amidine groups is 1. The Morgan fingerprint density at radius 3 is 3.11 bits per heavy atom. The molecular formula is C4H7N3OS. The van der Waals surface area contributed by atoms with Gasteiger partial charge in [0.15, 0.2) is 5.84 Å². The van der Waals surface area contributed by atoms with Crippen molar-refractivity contribution in [3.63, 3.8) is 0 Å². The zero-order valence-electron chi connectivity index (χ0n) is 5.00. The van der Waals surface area contributed by atoms with E-state index >= 15 is 0 Å². The molecule has 9 heavy (non-hydrogen) atoms. The SMILES string of the molecule is CCNC1=NS(=O)N=C1. The van der Waals surface area contributed by atoms with E-state index in [4.69, 9.17) is 0 Å². The third-order valence-electron chi connectivity index (χ3n) is 0.799. The van der Waals surface area contributed by atoms with Gasteiger partial charge in [0.1, 0.15) is 0 Å². The predicted octanol–water partition coefficient (Wildman–Crippen LogP) is -0.342. The third kappa shape index (κ3) is 1.60. The van der Waals surface area contributed by atoms with E-state index < -0.39 is 11.2 Å². The van der Waals surface area contributed by atoms with Crippen LogP contribution < -0.4 is 5.32 Å². The fourth-order valence-corrected chi connectivity index (χ4v) is 1.00. The minimum absolute atomic E-state index is 0.607. The summed E-state index contributed by atoms with van der Waals surface area (Å²) in [6.45, 7) is 2.72. The van der Waals surface area contributed by atoms with Gasteiger partial charge < -0.3 is 5.32 Å². The lowest BCUT2D eigenvalue weighted by molar-refractivity contribution is 0.686. The number of rotatable bonds is 1. The highest BCUT2D eigenvalue weighted by Crippen LogP contribution is 1.92. The van der Waals surface area contributed by atoms with Crippen molar-refractivity contribution >= 4 is 23.2 Å². The van der Waals surface area contributed by atoms with Crippen LogP contribution in [-0.4, -0.2) is 22.8 Å². The molecule has 1 unspecified atom stereocenters. The zero-order chi connectivity index (χ0) is 6.69. The fourth-order valence-electron chi connectivity index (χ4n) is 0.485. The molecule has 0 bridgehead atoms. The summed E-state index contributed by atoms with van der Waals surface area (Å²) in [5.41, 5.74) is 0. The van der Waals surface area contributed by atoms with Crippen molar-refractivity contribution in [2.24, 2.45) is 8.80 Å². The standard InChI is InChI=1S/C4H7N3OS/c1-2-5-4-3-6-9(8)7-4/h3H,2H2,1H3,(H,5,7). The first-order valence-corrected chi connectivity index (χ1v) is 3.68. The molecule has 0 amide bonds. The molecule has 1 N–H and O–H groups in total. The Balaban J connectivity index is 2.53. The van der Waals surface area contributed by atoms with Crippen LogP contribution in [0.3, 0.4) is 0 Å². The van der Waals surface area contributed by atoms with Crippen molar-refractivity contribution in [1.82, 2.24) is 5.32 Å². The largest absolute Gasteiger partial charge is 0.368 e. The van der Waals surface area contributed by atoms with Crippen molar-refractivity contribution in [3.8, 4) is 0 Å². The second kappa shape index (κ2) is 2.72. The maximum Gasteiger partial charge on any atom is 0.267 e. The first kappa shape index (κ1) is 6.41. The molecule has 0 aromatic heterocycles. The average Bonchev–Trinajstić information content (AvgIpc) is 2.17. The van der Waals surface area contributed by atoms with Crippen molar-refractivity contribution in [2.45, 2.75) is 6.92 Å². The van der Waals surface area contributed by atoms with Gasteiger partial charge in [0, 0.05) is 6.54 Å². The number of hydrogen-bond acceptors (Lipinski definition) is 2. The average molecular weight is 145 g/mol. The summed E-state index contributed by atoms with van der Waals surface area (Å²) < 4.78 is 17.6. The lowest BCUT2D eigenvalue weighted by Gasteiger charge is -1.92. The van der Waals surface area contributed by atoms with Crippen LogP contribution in [0.1, 0.15) is 6.92 Å². The summed E-state index contributed by atoms with van der Waals surface area (Å²) in [6, 6.07) is 0. The summed E-state index contributed by atoms with van der Waals surface area (Å²) >= 11 is -1.36. The molecule has 0 saturated heterocycles. The highest BCUT2D eigenvalue weighted by Gasteiger charge is 2.03. The maximum atomic E-state index is 10.4. The highest BCUT2D eigenvalue weighted by atomic mass is 32.2. The molecule has 0 aromatic carbocycles. The van der Waals surface area contributed by atoms with Crippen molar-refractivity contribution in [3.05, 3.63) is 0 Å². The second-order valence-corrected chi connectivity index (χ2v) is 2.33.